The van der Waals surface area contributed by atoms with E-state index in [9.17, 15) is 4.79 Å². The Morgan fingerprint density at radius 3 is 2.82 bits per heavy atom. The zero-order chi connectivity index (χ0) is 12.7. The molecule has 0 spiro atoms. The number of nitrogens with zero attached hydrogens (tertiary/aromatic N) is 2. The number of likely N-dealkylation sites (N-methyl/N-ethyl adjacent to an activating group) is 1. The fourth-order valence-corrected chi connectivity index (χ4v) is 1.47. The molecule has 0 aliphatic carbocycles. The van der Waals surface area contributed by atoms with Gasteiger partial charge in [0.2, 0.25) is 5.91 Å². The van der Waals surface area contributed by atoms with Crippen LogP contribution in [0.1, 0.15) is 12.0 Å². The molecule has 90 valence electrons. The van der Waals surface area contributed by atoms with E-state index in [0.29, 0.717) is 19.5 Å². The Hall–Kier alpha value is -1.86. The number of nitriles is 1. The molecule has 0 heterocycles. The van der Waals surface area contributed by atoms with Gasteiger partial charge in [0.25, 0.3) is 0 Å². The van der Waals surface area contributed by atoms with Crippen molar-refractivity contribution < 1.29 is 4.79 Å². The number of benzene rings is 1. The standard InChI is InChI=1S/C13H17N3O/c1-11-6-3-4-7-12(11)15-13(17)10-16(2)9-5-8-14/h3-4,6-7H,5,9-10H2,1-2H3,(H,15,17). The van der Waals surface area contributed by atoms with Crippen LogP contribution in [0.4, 0.5) is 5.69 Å². The van der Waals surface area contributed by atoms with Gasteiger partial charge in [0.05, 0.1) is 12.6 Å². The number of anilines is 1. The fourth-order valence-electron chi connectivity index (χ4n) is 1.47. The van der Waals surface area contributed by atoms with Crippen LogP contribution in [0.25, 0.3) is 0 Å². The summed E-state index contributed by atoms with van der Waals surface area (Å²) in [5.74, 6) is -0.0558. The molecule has 0 atom stereocenters. The third-order valence-corrected chi connectivity index (χ3v) is 2.44. The lowest BCUT2D eigenvalue weighted by molar-refractivity contribution is -0.117. The summed E-state index contributed by atoms with van der Waals surface area (Å²) in [6.45, 7) is 2.86. The van der Waals surface area contributed by atoms with E-state index in [1.807, 2.05) is 43.1 Å². The molecule has 0 saturated carbocycles. The summed E-state index contributed by atoms with van der Waals surface area (Å²) in [6.07, 6.45) is 0.439. The summed E-state index contributed by atoms with van der Waals surface area (Å²) in [6, 6.07) is 9.71. The first kappa shape index (κ1) is 13.2. The van der Waals surface area contributed by atoms with Crippen molar-refractivity contribution in [2.75, 3.05) is 25.5 Å². The van der Waals surface area contributed by atoms with Crippen molar-refractivity contribution in [3.63, 3.8) is 0 Å². The van der Waals surface area contributed by atoms with Crippen LogP contribution in [0, 0.1) is 18.3 Å². The predicted octanol–water partition coefficient (Wildman–Crippen LogP) is 1.78. The molecule has 1 aromatic carbocycles. The lowest BCUT2D eigenvalue weighted by atomic mass is 10.2. The first-order chi connectivity index (χ1) is 8.13. The summed E-state index contributed by atoms with van der Waals surface area (Å²) in [5, 5.41) is 11.3. The van der Waals surface area contributed by atoms with Crippen molar-refractivity contribution in [2.24, 2.45) is 0 Å². The summed E-state index contributed by atoms with van der Waals surface area (Å²) in [4.78, 5) is 13.5. The average Bonchev–Trinajstić information content (AvgIpc) is 2.29. The van der Waals surface area contributed by atoms with Gasteiger partial charge in [-0.05, 0) is 25.6 Å². The number of nitrogens with one attached hydrogen (secondary N) is 1. The Morgan fingerprint density at radius 2 is 2.18 bits per heavy atom. The van der Waals surface area contributed by atoms with E-state index >= 15 is 0 Å². The van der Waals surface area contributed by atoms with Crippen molar-refractivity contribution >= 4 is 11.6 Å². The third-order valence-electron chi connectivity index (χ3n) is 2.44. The molecule has 1 aromatic rings. The van der Waals surface area contributed by atoms with Gasteiger partial charge in [-0.25, -0.2) is 0 Å². The molecular weight excluding hydrogens is 214 g/mol. The smallest absolute Gasteiger partial charge is 0.238 e. The second-order valence-corrected chi connectivity index (χ2v) is 4.01. The molecule has 1 rings (SSSR count). The normalized spacial score (nSPS) is 10.0. The highest BCUT2D eigenvalue weighted by molar-refractivity contribution is 5.92. The first-order valence-corrected chi connectivity index (χ1v) is 5.54. The Bertz CT molecular complexity index is 423. The number of hydrogen-bond donors (Lipinski definition) is 1. The van der Waals surface area contributed by atoms with Crippen LogP contribution in [0.3, 0.4) is 0 Å². The van der Waals surface area contributed by atoms with Crippen LogP contribution < -0.4 is 5.32 Å². The van der Waals surface area contributed by atoms with E-state index in [1.54, 1.807) is 0 Å². The highest BCUT2D eigenvalue weighted by Crippen LogP contribution is 2.12. The van der Waals surface area contributed by atoms with Gasteiger partial charge in [-0.3, -0.25) is 9.69 Å². The lowest BCUT2D eigenvalue weighted by Gasteiger charge is -2.15. The maximum atomic E-state index is 11.7. The third kappa shape index (κ3) is 4.66. The first-order valence-electron chi connectivity index (χ1n) is 5.54. The number of aryl methyl sites for hydroxylation is 1. The molecule has 4 nitrogen and oxygen atoms in total. The molecule has 0 aliphatic heterocycles. The Balaban J connectivity index is 2.45. The van der Waals surface area contributed by atoms with Crippen molar-refractivity contribution in [3.8, 4) is 6.07 Å². The van der Waals surface area contributed by atoms with E-state index in [4.69, 9.17) is 5.26 Å². The molecule has 0 aliphatic rings. The molecule has 0 fully saturated rings. The van der Waals surface area contributed by atoms with Crippen LogP contribution in [-0.2, 0) is 4.79 Å². The van der Waals surface area contributed by atoms with Crippen molar-refractivity contribution in [2.45, 2.75) is 13.3 Å². The van der Waals surface area contributed by atoms with E-state index in [-0.39, 0.29) is 5.91 Å². The van der Waals surface area contributed by atoms with Crippen LogP contribution in [0.2, 0.25) is 0 Å². The molecule has 4 heteroatoms. The van der Waals surface area contributed by atoms with Gasteiger partial charge in [-0.1, -0.05) is 18.2 Å². The van der Waals surface area contributed by atoms with E-state index in [2.05, 4.69) is 11.4 Å². The molecule has 17 heavy (non-hydrogen) atoms. The predicted molar refractivity (Wildman–Crippen MR) is 67.5 cm³/mol. The second kappa shape index (κ2) is 6.66. The minimum absolute atomic E-state index is 0.0558. The molecule has 0 saturated heterocycles. The van der Waals surface area contributed by atoms with E-state index < -0.39 is 0 Å². The highest BCUT2D eigenvalue weighted by Gasteiger charge is 2.07. The lowest BCUT2D eigenvalue weighted by Crippen LogP contribution is -2.30. The maximum Gasteiger partial charge on any atom is 0.238 e. The van der Waals surface area contributed by atoms with Gasteiger partial charge >= 0.3 is 0 Å². The van der Waals surface area contributed by atoms with Crippen molar-refractivity contribution in [3.05, 3.63) is 29.8 Å². The van der Waals surface area contributed by atoms with Crippen LogP contribution in [-0.4, -0.2) is 30.9 Å². The zero-order valence-corrected chi connectivity index (χ0v) is 10.2. The molecule has 0 bridgehead atoms. The number of carbonyl (C=O) groups is 1. The molecule has 0 radical (unpaired) electrons. The molecule has 1 N–H and O–H groups in total. The summed E-state index contributed by atoms with van der Waals surface area (Å²) in [5.41, 5.74) is 1.88. The van der Waals surface area contributed by atoms with E-state index in [1.165, 1.54) is 0 Å². The minimum atomic E-state index is -0.0558. The van der Waals surface area contributed by atoms with Gasteiger partial charge in [-0.15, -0.1) is 0 Å². The Kier molecular flexibility index (Phi) is 5.18. The van der Waals surface area contributed by atoms with Crippen molar-refractivity contribution in [1.29, 1.82) is 5.26 Å². The largest absolute Gasteiger partial charge is 0.325 e. The number of hydrogen-bond acceptors (Lipinski definition) is 3. The van der Waals surface area contributed by atoms with Crippen LogP contribution in [0.5, 0.6) is 0 Å². The van der Waals surface area contributed by atoms with Gasteiger partial charge in [-0.2, -0.15) is 5.26 Å². The van der Waals surface area contributed by atoms with Gasteiger partial charge < -0.3 is 5.32 Å². The molecular formula is C13H17N3O. The summed E-state index contributed by atoms with van der Waals surface area (Å²) >= 11 is 0. The SMILES string of the molecule is Cc1ccccc1NC(=O)CN(C)CCC#N. The van der Waals surface area contributed by atoms with E-state index in [0.717, 1.165) is 11.3 Å². The summed E-state index contributed by atoms with van der Waals surface area (Å²) in [7, 11) is 1.83. The van der Waals surface area contributed by atoms with Gasteiger partial charge in [0, 0.05) is 18.7 Å². The average molecular weight is 231 g/mol. The van der Waals surface area contributed by atoms with Gasteiger partial charge in [0.15, 0.2) is 0 Å². The molecule has 1 amide bonds. The minimum Gasteiger partial charge on any atom is -0.325 e. The number of para-hydroxylation sites is 1. The van der Waals surface area contributed by atoms with Crippen molar-refractivity contribution in [1.82, 2.24) is 4.90 Å². The van der Waals surface area contributed by atoms with Crippen LogP contribution >= 0.6 is 0 Å². The van der Waals surface area contributed by atoms with Crippen LogP contribution in [0.15, 0.2) is 24.3 Å². The molecule has 0 unspecified atom stereocenters. The molecule has 0 aromatic heterocycles. The zero-order valence-electron chi connectivity index (χ0n) is 10.2. The second-order valence-electron chi connectivity index (χ2n) is 4.01. The van der Waals surface area contributed by atoms with Gasteiger partial charge in [0.1, 0.15) is 0 Å². The monoisotopic (exact) mass is 231 g/mol. The fraction of sp³-hybridized carbons (Fsp3) is 0.385. The Morgan fingerprint density at radius 1 is 1.47 bits per heavy atom. The topological polar surface area (TPSA) is 56.1 Å². The Labute approximate surface area is 102 Å². The maximum absolute atomic E-state index is 11.7. The number of carbonyl (C=O) groups excluding carboxylic acids is 1. The highest BCUT2D eigenvalue weighted by atomic mass is 16.2. The number of rotatable bonds is 5. The summed E-state index contributed by atoms with van der Waals surface area (Å²) < 4.78 is 0. The quantitative estimate of drug-likeness (QED) is 0.840. The number of amides is 1.